The molecule has 0 bridgehead atoms. The van der Waals surface area contributed by atoms with Crippen molar-refractivity contribution in [2.45, 2.75) is 39.2 Å². The van der Waals surface area contributed by atoms with Gasteiger partial charge in [0.15, 0.2) is 0 Å². The third-order valence-electron chi connectivity index (χ3n) is 6.15. The SMILES string of the molecule is Cc1cnc(CN2C[C@]3(CCCN(C/C=C/c4ccccc4)C3)CCC2=O)cn1. The van der Waals surface area contributed by atoms with E-state index in [2.05, 4.69) is 51.3 Å². The van der Waals surface area contributed by atoms with Crippen LogP contribution in [0, 0.1) is 12.3 Å². The predicted molar refractivity (Wildman–Crippen MR) is 115 cm³/mol. The van der Waals surface area contributed by atoms with E-state index in [4.69, 9.17) is 0 Å². The summed E-state index contributed by atoms with van der Waals surface area (Å²) in [4.78, 5) is 25.9. The van der Waals surface area contributed by atoms with E-state index in [1.165, 1.54) is 18.4 Å². The number of carbonyl (C=O) groups excluding carboxylic acids is 1. The Labute approximate surface area is 173 Å². The van der Waals surface area contributed by atoms with Gasteiger partial charge in [0.1, 0.15) is 0 Å². The lowest BCUT2D eigenvalue weighted by molar-refractivity contribution is -0.140. The quantitative estimate of drug-likeness (QED) is 0.781. The van der Waals surface area contributed by atoms with Gasteiger partial charge in [0.05, 0.1) is 24.1 Å². The molecule has 4 rings (SSSR count). The lowest BCUT2D eigenvalue weighted by atomic mass is 9.73. The molecule has 2 fully saturated rings. The number of rotatable bonds is 5. The molecule has 1 atom stereocenters. The Morgan fingerprint density at radius 1 is 1.10 bits per heavy atom. The van der Waals surface area contributed by atoms with Crippen LogP contribution in [0.4, 0.5) is 0 Å². The molecule has 1 spiro atoms. The number of hydrogen-bond acceptors (Lipinski definition) is 4. The van der Waals surface area contributed by atoms with Crippen LogP contribution < -0.4 is 0 Å². The van der Waals surface area contributed by atoms with Crippen molar-refractivity contribution in [1.29, 1.82) is 0 Å². The van der Waals surface area contributed by atoms with Crippen LogP contribution in [0.15, 0.2) is 48.8 Å². The van der Waals surface area contributed by atoms with Crippen LogP contribution >= 0.6 is 0 Å². The molecular weight excluding hydrogens is 360 g/mol. The lowest BCUT2D eigenvalue weighted by Crippen LogP contribution is -2.53. The number of aryl methyl sites for hydroxylation is 1. The van der Waals surface area contributed by atoms with Gasteiger partial charge in [-0.1, -0.05) is 42.5 Å². The molecular formula is C24H30N4O. The summed E-state index contributed by atoms with van der Waals surface area (Å²) >= 11 is 0. The van der Waals surface area contributed by atoms with Gasteiger partial charge in [-0.2, -0.15) is 0 Å². The van der Waals surface area contributed by atoms with E-state index in [1.54, 1.807) is 12.4 Å². The fraction of sp³-hybridized carbons (Fsp3) is 0.458. The Balaban J connectivity index is 1.38. The van der Waals surface area contributed by atoms with E-state index in [0.717, 1.165) is 44.0 Å². The highest BCUT2D eigenvalue weighted by atomic mass is 16.2. The average Bonchev–Trinajstić information content (AvgIpc) is 2.74. The molecule has 0 radical (unpaired) electrons. The molecule has 2 saturated heterocycles. The van der Waals surface area contributed by atoms with Gasteiger partial charge in [0, 0.05) is 37.7 Å². The molecule has 5 nitrogen and oxygen atoms in total. The second-order valence-electron chi connectivity index (χ2n) is 8.55. The van der Waals surface area contributed by atoms with Crippen LogP contribution in [0.2, 0.25) is 0 Å². The van der Waals surface area contributed by atoms with Crippen LogP contribution in [0.25, 0.3) is 6.08 Å². The monoisotopic (exact) mass is 390 g/mol. The smallest absolute Gasteiger partial charge is 0.222 e. The van der Waals surface area contributed by atoms with Gasteiger partial charge in [-0.25, -0.2) is 0 Å². The number of nitrogens with zero attached hydrogens (tertiary/aromatic N) is 4. The highest BCUT2D eigenvalue weighted by Gasteiger charge is 2.41. The fourth-order valence-corrected chi connectivity index (χ4v) is 4.64. The number of hydrogen-bond donors (Lipinski definition) is 0. The molecule has 5 heteroatoms. The zero-order chi connectivity index (χ0) is 20.1. The number of carbonyl (C=O) groups is 1. The van der Waals surface area contributed by atoms with E-state index >= 15 is 0 Å². The van der Waals surface area contributed by atoms with Crippen molar-refractivity contribution in [2.24, 2.45) is 5.41 Å². The molecule has 2 aliphatic heterocycles. The first-order valence-electron chi connectivity index (χ1n) is 10.6. The number of likely N-dealkylation sites (tertiary alicyclic amines) is 2. The number of amides is 1. The minimum atomic E-state index is 0.213. The van der Waals surface area contributed by atoms with Gasteiger partial charge in [-0.15, -0.1) is 0 Å². The van der Waals surface area contributed by atoms with Gasteiger partial charge in [-0.3, -0.25) is 19.7 Å². The van der Waals surface area contributed by atoms with Crippen molar-refractivity contribution in [1.82, 2.24) is 19.8 Å². The molecule has 3 heterocycles. The van der Waals surface area contributed by atoms with Crippen molar-refractivity contribution in [3.05, 3.63) is 65.8 Å². The zero-order valence-electron chi connectivity index (χ0n) is 17.3. The van der Waals surface area contributed by atoms with Crippen molar-refractivity contribution in [3.63, 3.8) is 0 Å². The van der Waals surface area contributed by atoms with Crippen molar-refractivity contribution >= 4 is 12.0 Å². The summed E-state index contributed by atoms with van der Waals surface area (Å²) in [5, 5.41) is 0. The summed E-state index contributed by atoms with van der Waals surface area (Å²) in [6.07, 6.45) is 12.1. The normalized spacial score (nSPS) is 23.2. The summed E-state index contributed by atoms with van der Waals surface area (Å²) in [5.74, 6) is 0.249. The second-order valence-corrected chi connectivity index (χ2v) is 8.55. The van der Waals surface area contributed by atoms with E-state index < -0.39 is 0 Å². The molecule has 29 heavy (non-hydrogen) atoms. The fourth-order valence-electron chi connectivity index (χ4n) is 4.64. The summed E-state index contributed by atoms with van der Waals surface area (Å²) in [6.45, 7) is 6.50. The van der Waals surface area contributed by atoms with E-state index in [-0.39, 0.29) is 11.3 Å². The summed E-state index contributed by atoms with van der Waals surface area (Å²) in [7, 11) is 0. The van der Waals surface area contributed by atoms with E-state index in [9.17, 15) is 4.79 Å². The molecule has 1 amide bonds. The van der Waals surface area contributed by atoms with Crippen molar-refractivity contribution in [3.8, 4) is 0 Å². The molecule has 0 N–H and O–H groups in total. The molecule has 0 saturated carbocycles. The van der Waals surface area contributed by atoms with E-state index in [1.807, 2.05) is 17.9 Å². The van der Waals surface area contributed by atoms with E-state index in [0.29, 0.717) is 13.0 Å². The number of aromatic nitrogens is 2. The van der Waals surface area contributed by atoms with Crippen LogP contribution in [0.3, 0.4) is 0 Å². The Kier molecular flexibility index (Phi) is 6.05. The van der Waals surface area contributed by atoms with Gasteiger partial charge in [0.25, 0.3) is 0 Å². The van der Waals surface area contributed by atoms with Gasteiger partial charge < -0.3 is 4.90 Å². The standard InChI is InChI=1S/C24H30N4O/c1-20-15-26-22(16-25-20)17-28-19-24(12-10-23(28)29)11-6-14-27(18-24)13-5-9-21-7-3-2-4-8-21/h2-5,7-9,15-16H,6,10-14,17-19H2,1H3/b9-5+/t24-/m1/s1. The highest BCUT2D eigenvalue weighted by molar-refractivity contribution is 5.77. The van der Waals surface area contributed by atoms with Crippen LogP contribution in [-0.4, -0.2) is 51.9 Å². The van der Waals surface area contributed by atoms with Crippen LogP contribution in [0.1, 0.15) is 42.6 Å². The molecule has 2 aromatic rings. The van der Waals surface area contributed by atoms with Crippen LogP contribution in [-0.2, 0) is 11.3 Å². The Hall–Kier alpha value is -2.53. The lowest BCUT2D eigenvalue weighted by Gasteiger charge is -2.48. The summed E-state index contributed by atoms with van der Waals surface area (Å²) < 4.78 is 0. The van der Waals surface area contributed by atoms with Crippen LogP contribution in [0.5, 0.6) is 0 Å². The Morgan fingerprint density at radius 3 is 2.76 bits per heavy atom. The minimum Gasteiger partial charge on any atom is -0.336 e. The number of piperidine rings is 2. The van der Waals surface area contributed by atoms with Gasteiger partial charge >= 0.3 is 0 Å². The maximum absolute atomic E-state index is 12.6. The first-order chi connectivity index (χ1) is 14.1. The van der Waals surface area contributed by atoms with Gasteiger partial charge in [0.2, 0.25) is 5.91 Å². The third kappa shape index (κ3) is 5.10. The summed E-state index contributed by atoms with van der Waals surface area (Å²) in [6, 6.07) is 10.5. The summed E-state index contributed by atoms with van der Waals surface area (Å²) in [5.41, 5.74) is 3.24. The maximum atomic E-state index is 12.6. The van der Waals surface area contributed by atoms with Gasteiger partial charge in [-0.05, 0) is 38.3 Å². The van der Waals surface area contributed by atoms with Crippen molar-refractivity contribution in [2.75, 3.05) is 26.2 Å². The average molecular weight is 391 g/mol. The topological polar surface area (TPSA) is 49.3 Å². The zero-order valence-corrected chi connectivity index (χ0v) is 17.3. The Bertz CT molecular complexity index is 849. The largest absolute Gasteiger partial charge is 0.336 e. The molecule has 1 aromatic carbocycles. The first kappa shape index (κ1) is 19.8. The Morgan fingerprint density at radius 2 is 1.97 bits per heavy atom. The minimum absolute atomic E-state index is 0.213. The molecule has 1 aromatic heterocycles. The third-order valence-corrected chi connectivity index (χ3v) is 6.15. The second kappa shape index (κ2) is 8.87. The first-order valence-corrected chi connectivity index (χ1v) is 10.6. The van der Waals surface area contributed by atoms with Crippen molar-refractivity contribution < 1.29 is 4.79 Å². The number of benzene rings is 1. The molecule has 152 valence electrons. The molecule has 2 aliphatic rings. The highest BCUT2D eigenvalue weighted by Crippen LogP contribution is 2.39. The predicted octanol–water partition coefficient (Wildman–Crippen LogP) is 3.70. The maximum Gasteiger partial charge on any atom is 0.222 e. The molecule has 0 unspecified atom stereocenters. The molecule has 0 aliphatic carbocycles.